The average Bonchev–Trinajstić information content (AvgIpc) is 2.81. The molecule has 1 amide bonds. The molecule has 0 aliphatic heterocycles. The molecule has 6 heteroatoms. The fourth-order valence-corrected chi connectivity index (χ4v) is 6.90. The third-order valence-corrected chi connectivity index (χ3v) is 7.90. The number of hydrogen-bond acceptors (Lipinski definition) is 4. The van der Waals surface area contributed by atoms with Gasteiger partial charge in [-0.25, -0.2) is 10.3 Å². The van der Waals surface area contributed by atoms with E-state index in [1.165, 1.54) is 44.1 Å². The Bertz CT molecular complexity index is 1070. The number of carbonyl (C=O) groups is 2. The van der Waals surface area contributed by atoms with Gasteiger partial charge in [-0.3, -0.25) is 10.0 Å². The van der Waals surface area contributed by atoms with E-state index in [0.717, 1.165) is 28.9 Å². The first-order valence-corrected chi connectivity index (χ1v) is 11.6. The molecule has 172 valence electrons. The van der Waals surface area contributed by atoms with Crippen LogP contribution in [0.15, 0.2) is 49.0 Å². The standard InChI is InChI=1S/C27H29NO5/c1-16(26(30)31)21-4-7-23(20-2-5-22(6-3-20)33-15-25(29)28-32)24(11-21)27-12-17-8-18(13-27)10-19(9-17)14-27/h2-7,11,17-19,32H,1,8-10,12-15H2,(H,28,29)(H,30,31). The van der Waals surface area contributed by atoms with Gasteiger partial charge >= 0.3 is 5.97 Å². The highest BCUT2D eigenvalue weighted by atomic mass is 16.5. The first-order valence-electron chi connectivity index (χ1n) is 11.6. The van der Waals surface area contributed by atoms with Crippen molar-refractivity contribution in [1.29, 1.82) is 0 Å². The predicted molar refractivity (Wildman–Crippen MR) is 124 cm³/mol. The van der Waals surface area contributed by atoms with E-state index in [1.54, 1.807) is 5.48 Å². The van der Waals surface area contributed by atoms with Crippen LogP contribution in [0.25, 0.3) is 16.7 Å². The maximum absolute atomic E-state index is 11.6. The Labute approximate surface area is 193 Å². The van der Waals surface area contributed by atoms with E-state index in [1.807, 2.05) is 36.4 Å². The monoisotopic (exact) mass is 447 g/mol. The van der Waals surface area contributed by atoms with Crippen LogP contribution >= 0.6 is 0 Å². The molecule has 2 aromatic carbocycles. The number of aliphatic carboxylic acids is 1. The van der Waals surface area contributed by atoms with Crippen LogP contribution in [0.1, 0.15) is 49.7 Å². The summed E-state index contributed by atoms with van der Waals surface area (Å²) >= 11 is 0. The minimum Gasteiger partial charge on any atom is -0.484 e. The lowest BCUT2D eigenvalue weighted by atomic mass is 9.47. The van der Waals surface area contributed by atoms with Crippen molar-refractivity contribution in [2.75, 3.05) is 6.61 Å². The minimum atomic E-state index is -0.993. The summed E-state index contributed by atoms with van der Waals surface area (Å²) in [5.41, 5.74) is 5.84. The van der Waals surface area contributed by atoms with Gasteiger partial charge in [-0.2, -0.15) is 0 Å². The molecule has 4 fully saturated rings. The summed E-state index contributed by atoms with van der Waals surface area (Å²) in [6, 6.07) is 13.5. The number of amides is 1. The highest BCUT2D eigenvalue weighted by Crippen LogP contribution is 2.62. The molecule has 0 unspecified atom stereocenters. The molecule has 4 aliphatic rings. The van der Waals surface area contributed by atoms with Crippen molar-refractivity contribution >= 4 is 17.4 Å². The second-order valence-corrected chi connectivity index (χ2v) is 10.1. The highest BCUT2D eigenvalue weighted by molar-refractivity contribution is 6.14. The van der Waals surface area contributed by atoms with Crippen LogP contribution in [0.3, 0.4) is 0 Å². The van der Waals surface area contributed by atoms with Gasteiger partial charge in [-0.15, -0.1) is 0 Å². The summed E-state index contributed by atoms with van der Waals surface area (Å²) < 4.78 is 5.41. The Balaban J connectivity index is 1.53. The topological polar surface area (TPSA) is 95.9 Å². The van der Waals surface area contributed by atoms with Crippen molar-refractivity contribution < 1.29 is 24.6 Å². The van der Waals surface area contributed by atoms with Gasteiger partial charge in [0, 0.05) is 0 Å². The van der Waals surface area contributed by atoms with Crippen molar-refractivity contribution in [3.63, 3.8) is 0 Å². The normalized spacial score (nSPS) is 27.2. The highest BCUT2D eigenvalue weighted by Gasteiger charge is 2.52. The predicted octanol–water partition coefficient (Wildman–Crippen LogP) is 4.80. The molecule has 4 saturated carbocycles. The number of carbonyl (C=O) groups excluding carboxylic acids is 1. The zero-order chi connectivity index (χ0) is 23.2. The van der Waals surface area contributed by atoms with Gasteiger partial charge in [0.25, 0.3) is 5.91 Å². The number of carboxylic acid groups (broad SMARTS) is 1. The molecule has 0 radical (unpaired) electrons. The van der Waals surface area contributed by atoms with E-state index in [-0.39, 0.29) is 17.6 Å². The lowest BCUT2D eigenvalue weighted by molar-refractivity contribution is -0.131. The summed E-state index contributed by atoms with van der Waals surface area (Å²) in [4.78, 5) is 22.8. The molecule has 0 atom stereocenters. The van der Waals surface area contributed by atoms with Crippen LogP contribution < -0.4 is 10.2 Å². The number of nitrogens with one attached hydrogen (secondary N) is 1. The van der Waals surface area contributed by atoms with Gasteiger partial charge in [-0.05, 0) is 102 Å². The molecule has 0 saturated heterocycles. The first-order chi connectivity index (χ1) is 15.9. The minimum absolute atomic E-state index is 0.0905. The maximum Gasteiger partial charge on any atom is 0.335 e. The lowest BCUT2D eigenvalue weighted by Crippen LogP contribution is -2.48. The average molecular weight is 448 g/mol. The van der Waals surface area contributed by atoms with Gasteiger partial charge in [0.1, 0.15) is 5.75 Å². The van der Waals surface area contributed by atoms with Crippen molar-refractivity contribution in [2.24, 2.45) is 17.8 Å². The third kappa shape index (κ3) is 4.04. The molecule has 3 N–H and O–H groups in total. The van der Waals surface area contributed by atoms with E-state index in [4.69, 9.17) is 9.94 Å². The fourth-order valence-electron chi connectivity index (χ4n) is 6.90. The zero-order valence-corrected chi connectivity index (χ0v) is 18.5. The van der Waals surface area contributed by atoms with E-state index in [9.17, 15) is 14.7 Å². The molecule has 6 nitrogen and oxygen atoms in total. The molecule has 0 spiro atoms. The Morgan fingerprint density at radius 2 is 1.61 bits per heavy atom. The van der Waals surface area contributed by atoms with Crippen molar-refractivity contribution in [3.8, 4) is 16.9 Å². The Kier molecular flexibility index (Phi) is 5.49. The number of rotatable bonds is 7. The summed E-state index contributed by atoms with van der Waals surface area (Å²) in [5, 5.41) is 18.2. The van der Waals surface area contributed by atoms with Crippen molar-refractivity contribution in [2.45, 2.75) is 43.9 Å². The molecule has 2 aromatic rings. The molecule has 33 heavy (non-hydrogen) atoms. The quantitative estimate of drug-likeness (QED) is 0.322. The summed E-state index contributed by atoms with van der Waals surface area (Å²) in [6.45, 7) is 3.54. The molecule has 4 aliphatic carbocycles. The van der Waals surface area contributed by atoms with E-state index < -0.39 is 11.9 Å². The summed E-state index contributed by atoms with van der Waals surface area (Å²) in [7, 11) is 0. The van der Waals surface area contributed by atoms with Crippen LogP contribution in [0, 0.1) is 17.8 Å². The summed E-state index contributed by atoms with van der Waals surface area (Å²) in [6.07, 6.45) is 7.53. The van der Waals surface area contributed by atoms with Gasteiger partial charge in [0.05, 0.1) is 5.57 Å². The van der Waals surface area contributed by atoms with E-state index >= 15 is 0 Å². The number of hydrogen-bond donors (Lipinski definition) is 3. The third-order valence-electron chi connectivity index (χ3n) is 7.90. The van der Waals surface area contributed by atoms with Crippen LogP contribution in [-0.2, 0) is 15.0 Å². The van der Waals surface area contributed by atoms with E-state index in [2.05, 4.69) is 12.6 Å². The Hall–Kier alpha value is -3.12. The summed E-state index contributed by atoms with van der Waals surface area (Å²) in [5.74, 6) is 1.23. The SMILES string of the molecule is C=C(C(=O)O)c1ccc(-c2ccc(OCC(=O)NO)cc2)c(C23CC4CC(CC(C4)C2)C3)c1. The zero-order valence-electron chi connectivity index (χ0n) is 18.5. The second kappa shape index (κ2) is 8.34. The number of carboxylic acids is 1. The molecule has 6 rings (SSSR count). The number of benzene rings is 2. The fraction of sp³-hybridized carbons (Fsp3) is 0.407. The maximum atomic E-state index is 11.6. The molecule has 0 heterocycles. The number of hydroxylamine groups is 1. The number of ether oxygens (including phenoxy) is 1. The lowest BCUT2D eigenvalue weighted by Gasteiger charge is -2.57. The van der Waals surface area contributed by atoms with Gasteiger partial charge in [0.15, 0.2) is 6.61 Å². The van der Waals surface area contributed by atoms with Crippen LogP contribution in [0.2, 0.25) is 0 Å². The second-order valence-electron chi connectivity index (χ2n) is 10.1. The van der Waals surface area contributed by atoms with Gasteiger partial charge < -0.3 is 9.84 Å². The first kappa shape index (κ1) is 21.7. The molecular formula is C27H29NO5. The van der Waals surface area contributed by atoms with Crippen LogP contribution in [0.5, 0.6) is 5.75 Å². The molecule has 4 bridgehead atoms. The van der Waals surface area contributed by atoms with E-state index in [0.29, 0.717) is 11.3 Å². The smallest absolute Gasteiger partial charge is 0.335 e. The Morgan fingerprint density at radius 1 is 1.00 bits per heavy atom. The molecular weight excluding hydrogens is 418 g/mol. The van der Waals surface area contributed by atoms with Gasteiger partial charge in [-0.1, -0.05) is 30.8 Å². The van der Waals surface area contributed by atoms with Gasteiger partial charge in [0.2, 0.25) is 0 Å². The largest absolute Gasteiger partial charge is 0.484 e. The van der Waals surface area contributed by atoms with Crippen molar-refractivity contribution in [3.05, 3.63) is 60.2 Å². The van der Waals surface area contributed by atoms with Crippen LogP contribution in [0.4, 0.5) is 0 Å². The van der Waals surface area contributed by atoms with Crippen molar-refractivity contribution in [1.82, 2.24) is 5.48 Å². The van der Waals surface area contributed by atoms with Crippen LogP contribution in [-0.4, -0.2) is 28.8 Å². The molecule has 0 aromatic heterocycles. The Morgan fingerprint density at radius 3 is 2.15 bits per heavy atom.